The maximum atomic E-state index is 13.1. The van der Waals surface area contributed by atoms with Crippen LogP contribution in [0.3, 0.4) is 0 Å². The number of aromatic nitrogens is 4. The first-order chi connectivity index (χ1) is 17.0. The first kappa shape index (κ1) is 22.5. The van der Waals surface area contributed by atoms with Gasteiger partial charge >= 0.3 is 0 Å². The molecule has 0 saturated carbocycles. The fraction of sp³-hybridized carbons (Fsp3) is 0.111. The van der Waals surface area contributed by atoms with E-state index in [1.165, 1.54) is 16.0 Å². The van der Waals surface area contributed by atoms with Crippen molar-refractivity contribution in [3.63, 3.8) is 0 Å². The van der Waals surface area contributed by atoms with Gasteiger partial charge in [-0.25, -0.2) is 4.98 Å². The van der Waals surface area contributed by atoms with E-state index in [9.17, 15) is 9.59 Å². The summed E-state index contributed by atoms with van der Waals surface area (Å²) in [5, 5.41) is 9.54. The summed E-state index contributed by atoms with van der Waals surface area (Å²) < 4.78 is 1.47. The Balaban J connectivity index is 1.49. The molecule has 0 aliphatic carbocycles. The van der Waals surface area contributed by atoms with Crippen molar-refractivity contribution in [2.75, 3.05) is 5.32 Å². The molecule has 0 unspecified atom stereocenters. The number of aromatic amines is 1. The average molecular weight is 482 g/mol. The molecule has 0 spiro atoms. The number of anilines is 1. The fourth-order valence-corrected chi connectivity index (χ4v) is 4.60. The van der Waals surface area contributed by atoms with E-state index in [0.29, 0.717) is 34.8 Å². The van der Waals surface area contributed by atoms with Crippen molar-refractivity contribution in [3.05, 3.63) is 105 Å². The van der Waals surface area contributed by atoms with Gasteiger partial charge in [0, 0.05) is 22.9 Å². The number of aryl methyl sites for hydroxylation is 1. The Hall–Kier alpha value is -4.30. The van der Waals surface area contributed by atoms with E-state index in [4.69, 9.17) is 0 Å². The third-order valence-corrected chi connectivity index (χ3v) is 6.64. The van der Waals surface area contributed by atoms with Gasteiger partial charge in [0.05, 0.1) is 4.88 Å². The number of amides is 1. The first-order valence-electron chi connectivity index (χ1n) is 11.2. The minimum atomic E-state index is -0.285. The largest absolute Gasteiger partial charge is 0.306 e. The zero-order chi connectivity index (χ0) is 24.4. The van der Waals surface area contributed by atoms with Crippen LogP contribution in [0.1, 0.15) is 28.5 Å². The molecule has 35 heavy (non-hydrogen) atoms. The van der Waals surface area contributed by atoms with Gasteiger partial charge in [0.2, 0.25) is 5.95 Å². The fourth-order valence-electron chi connectivity index (χ4n) is 3.92. The van der Waals surface area contributed by atoms with Gasteiger partial charge < -0.3 is 5.32 Å². The highest BCUT2D eigenvalue weighted by molar-refractivity contribution is 7.13. The molecule has 2 aromatic carbocycles. The molecule has 3 aromatic heterocycles. The Morgan fingerprint density at radius 1 is 1.03 bits per heavy atom. The second-order valence-electron chi connectivity index (χ2n) is 8.01. The maximum absolute atomic E-state index is 13.1. The Labute approximate surface area is 206 Å². The summed E-state index contributed by atoms with van der Waals surface area (Å²) in [5.41, 5.74) is 4.34. The van der Waals surface area contributed by atoms with Gasteiger partial charge in [0.15, 0.2) is 0 Å². The van der Waals surface area contributed by atoms with E-state index in [2.05, 4.69) is 20.4 Å². The molecule has 0 bridgehead atoms. The molecule has 0 atom stereocenters. The van der Waals surface area contributed by atoms with Gasteiger partial charge in [-0.3, -0.25) is 14.6 Å². The summed E-state index contributed by atoms with van der Waals surface area (Å²) in [7, 11) is 0. The SMILES string of the molecule is CCc1c(C)nc(-n2nc(-c3cccs3)cc2NC(=O)c2ccc(-c3ccccc3)cc2)[nH]c1=O. The molecule has 3 heterocycles. The first-order valence-corrected chi connectivity index (χ1v) is 12.1. The van der Waals surface area contributed by atoms with Crippen LogP contribution >= 0.6 is 11.3 Å². The second kappa shape index (κ2) is 9.52. The van der Waals surface area contributed by atoms with Gasteiger partial charge in [0.25, 0.3) is 11.5 Å². The van der Waals surface area contributed by atoms with Crippen molar-refractivity contribution in [2.24, 2.45) is 0 Å². The highest BCUT2D eigenvalue weighted by atomic mass is 32.1. The van der Waals surface area contributed by atoms with Gasteiger partial charge in [-0.15, -0.1) is 11.3 Å². The molecule has 5 aromatic rings. The highest BCUT2D eigenvalue weighted by Crippen LogP contribution is 2.28. The Kier molecular flexibility index (Phi) is 6.12. The van der Waals surface area contributed by atoms with Gasteiger partial charge in [-0.05, 0) is 48.1 Å². The topological polar surface area (TPSA) is 92.7 Å². The molecule has 2 N–H and O–H groups in total. The van der Waals surface area contributed by atoms with Crippen LogP contribution in [-0.2, 0) is 6.42 Å². The van der Waals surface area contributed by atoms with Crippen LogP contribution in [0.25, 0.3) is 27.6 Å². The van der Waals surface area contributed by atoms with E-state index >= 15 is 0 Å². The summed E-state index contributed by atoms with van der Waals surface area (Å²) in [6.07, 6.45) is 0.580. The number of carbonyl (C=O) groups excluding carboxylic acids is 1. The number of H-pyrrole nitrogens is 1. The number of nitrogens with one attached hydrogen (secondary N) is 2. The molecule has 8 heteroatoms. The number of nitrogens with zero attached hydrogens (tertiary/aromatic N) is 3. The van der Waals surface area contributed by atoms with E-state index < -0.39 is 0 Å². The zero-order valence-corrected chi connectivity index (χ0v) is 20.1. The van der Waals surface area contributed by atoms with Crippen LogP contribution in [0.15, 0.2) is 83.0 Å². The van der Waals surface area contributed by atoms with Crippen molar-refractivity contribution in [1.29, 1.82) is 0 Å². The average Bonchev–Trinajstić information content (AvgIpc) is 3.55. The highest BCUT2D eigenvalue weighted by Gasteiger charge is 2.18. The molecular formula is C27H23N5O2S. The number of benzene rings is 2. The number of thiophene rings is 1. The lowest BCUT2D eigenvalue weighted by Crippen LogP contribution is -2.21. The van der Waals surface area contributed by atoms with Crippen molar-refractivity contribution < 1.29 is 4.79 Å². The predicted octanol–water partition coefficient (Wildman–Crippen LogP) is 5.47. The van der Waals surface area contributed by atoms with Crippen LogP contribution in [0.2, 0.25) is 0 Å². The van der Waals surface area contributed by atoms with E-state index in [-0.39, 0.29) is 17.4 Å². The standard InChI is InChI=1S/C27H23N5O2S/c1-3-21-17(2)28-27(30-26(21)34)32-24(16-22(31-32)23-10-7-15-35-23)29-25(33)20-13-11-19(12-14-20)18-8-5-4-6-9-18/h4-16H,3H2,1-2H3,(H,29,33)(H,28,30,34). The normalized spacial score (nSPS) is 10.9. The molecule has 5 rings (SSSR count). The number of hydrogen-bond acceptors (Lipinski definition) is 5. The summed E-state index contributed by atoms with van der Waals surface area (Å²) in [4.78, 5) is 34.0. The van der Waals surface area contributed by atoms with Crippen LogP contribution in [0.5, 0.6) is 0 Å². The number of carbonyl (C=O) groups is 1. The van der Waals surface area contributed by atoms with Gasteiger partial charge in [-0.2, -0.15) is 9.78 Å². The Bertz CT molecular complexity index is 1540. The lowest BCUT2D eigenvalue weighted by atomic mass is 10.0. The maximum Gasteiger partial charge on any atom is 0.256 e. The summed E-state index contributed by atoms with van der Waals surface area (Å²) >= 11 is 1.54. The third-order valence-electron chi connectivity index (χ3n) is 5.74. The summed E-state index contributed by atoms with van der Waals surface area (Å²) in [6, 6.07) is 23.1. The van der Waals surface area contributed by atoms with E-state index in [1.807, 2.05) is 66.9 Å². The molecular weight excluding hydrogens is 458 g/mol. The lowest BCUT2D eigenvalue weighted by molar-refractivity contribution is 0.102. The van der Waals surface area contributed by atoms with Crippen molar-refractivity contribution in [1.82, 2.24) is 19.7 Å². The van der Waals surface area contributed by atoms with Crippen molar-refractivity contribution >= 4 is 23.1 Å². The minimum Gasteiger partial charge on any atom is -0.306 e. The molecule has 0 radical (unpaired) electrons. The molecule has 0 saturated heterocycles. The third kappa shape index (κ3) is 4.56. The summed E-state index contributed by atoms with van der Waals surface area (Å²) in [6.45, 7) is 3.71. The quantitative estimate of drug-likeness (QED) is 0.336. The van der Waals surface area contributed by atoms with Crippen LogP contribution in [0.4, 0.5) is 5.82 Å². The lowest BCUT2D eigenvalue weighted by Gasteiger charge is -2.10. The number of rotatable bonds is 6. The van der Waals surface area contributed by atoms with Gasteiger partial charge in [0.1, 0.15) is 11.5 Å². The van der Waals surface area contributed by atoms with Crippen molar-refractivity contribution in [3.8, 4) is 27.6 Å². The zero-order valence-electron chi connectivity index (χ0n) is 19.3. The monoisotopic (exact) mass is 481 g/mol. The minimum absolute atomic E-state index is 0.211. The van der Waals surface area contributed by atoms with E-state index in [0.717, 1.165) is 16.0 Å². The second-order valence-corrected chi connectivity index (χ2v) is 8.96. The molecule has 174 valence electrons. The molecule has 0 fully saturated rings. The van der Waals surface area contributed by atoms with Crippen LogP contribution < -0.4 is 10.9 Å². The number of hydrogen-bond donors (Lipinski definition) is 2. The van der Waals surface area contributed by atoms with E-state index in [1.54, 1.807) is 25.1 Å². The smallest absolute Gasteiger partial charge is 0.256 e. The molecule has 0 aliphatic rings. The molecule has 7 nitrogen and oxygen atoms in total. The van der Waals surface area contributed by atoms with Crippen LogP contribution in [0, 0.1) is 6.92 Å². The van der Waals surface area contributed by atoms with Crippen LogP contribution in [-0.4, -0.2) is 25.7 Å². The van der Waals surface area contributed by atoms with Gasteiger partial charge in [-0.1, -0.05) is 55.5 Å². The predicted molar refractivity (Wildman–Crippen MR) is 139 cm³/mol. The molecule has 0 aliphatic heterocycles. The Morgan fingerprint density at radius 2 is 1.77 bits per heavy atom. The van der Waals surface area contributed by atoms with Crippen molar-refractivity contribution in [2.45, 2.75) is 20.3 Å². The Morgan fingerprint density at radius 3 is 2.43 bits per heavy atom. The molecule has 1 amide bonds. The summed E-state index contributed by atoms with van der Waals surface area (Å²) in [5.74, 6) is 0.382.